The van der Waals surface area contributed by atoms with Gasteiger partial charge in [-0.15, -0.1) is 0 Å². The number of aryl methyl sites for hydroxylation is 2. The third-order valence-corrected chi connectivity index (χ3v) is 3.17. The molecule has 5 nitrogen and oxygen atoms in total. The van der Waals surface area contributed by atoms with Gasteiger partial charge in [-0.25, -0.2) is 0 Å². The molecule has 0 fully saturated rings. The van der Waals surface area contributed by atoms with E-state index in [1.807, 2.05) is 0 Å². The lowest BCUT2D eigenvalue weighted by Gasteiger charge is -2.23. The topological polar surface area (TPSA) is 68.0 Å². The van der Waals surface area contributed by atoms with Gasteiger partial charge in [0.2, 0.25) is 0 Å². The molecule has 0 saturated carbocycles. The van der Waals surface area contributed by atoms with Gasteiger partial charge in [0.15, 0.2) is 0 Å². The van der Waals surface area contributed by atoms with Crippen molar-refractivity contribution in [1.29, 1.82) is 0 Å². The van der Waals surface area contributed by atoms with E-state index in [1.54, 1.807) is 18.8 Å². The minimum atomic E-state index is -0.715. The van der Waals surface area contributed by atoms with Crippen molar-refractivity contribution in [3.05, 3.63) is 11.4 Å². The van der Waals surface area contributed by atoms with Crippen molar-refractivity contribution >= 4 is 5.97 Å². The number of aliphatic carboxylic acids is 1. The average Bonchev–Trinajstić information content (AvgIpc) is 2.55. The van der Waals surface area contributed by atoms with Gasteiger partial charge in [-0.3, -0.25) is 4.79 Å². The molecule has 5 heteroatoms. The van der Waals surface area contributed by atoms with Gasteiger partial charge in [-0.05, 0) is 25.2 Å². The van der Waals surface area contributed by atoms with E-state index < -0.39 is 5.97 Å². The minimum Gasteiger partial charge on any atom is -0.481 e. The summed E-state index contributed by atoms with van der Waals surface area (Å²) in [6.07, 6.45) is 2.50. The van der Waals surface area contributed by atoms with E-state index in [0.717, 1.165) is 30.7 Å². The maximum absolute atomic E-state index is 10.9. The van der Waals surface area contributed by atoms with Gasteiger partial charge < -0.3 is 5.11 Å². The highest BCUT2D eigenvalue weighted by Gasteiger charge is 2.29. The van der Waals surface area contributed by atoms with Crippen molar-refractivity contribution in [2.75, 3.05) is 0 Å². The maximum Gasteiger partial charge on any atom is 0.306 e. The van der Waals surface area contributed by atoms with Crippen molar-refractivity contribution in [2.24, 2.45) is 18.9 Å². The molecular weight excluding hydrogens is 194 g/mol. The predicted molar refractivity (Wildman–Crippen MR) is 53.3 cm³/mol. The van der Waals surface area contributed by atoms with Crippen LogP contribution in [-0.4, -0.2) is 26.1 Å². The molecule has 1 aliphatic carbocycles. The second-order valence-corrected chi connectivity index (χ2v) is 4.21. The Bertz CT molecular complexity index is 386. The molecule has 2 rings (SSSR count). The largest absolute Gasteiger partial charge is 0.481 e. The van der Waals surface area contributed by atoms with Gasteiger partial charge in [0, 0.05) is 7.05 Å². The first kappa shape index (κ1) is 10.1. The number of carbonyl (C=O) groups is 1. The van der Waals surface area contributed by atoms with Crippen LogP contribution >= 0.6 is 0 Å². The molecule has 2 unspecified atom stereocenters. The zero-order valence-electron chi connectivity index (χ0n) is 8.97. The normalized spacial score (nSPS) is 22.1. The zero-order valence-corrected chi connectivity index (χ0v) is 8.97. The van der Waals surface area contributed by atoms with Gasteiger partial charge in [-0.1, -0.05) is 6.92 Å². The van der Waals surface area contributed by atoms with Crippen molar-refractivity contribution in [3.8, 4) is 0 Å². The first-order valence-corrected chi connectivity index (χ1v) is 5.20. The van der Waals surface area contributed by atoms with Gasteiger partial charge in [0.05, 0.1) is 17.3 Å². The molecule has 15 heavy (non-hydrogen) atoms. The maximum atomic E-state index is 10.9. The highest BCUT2D eigenvalue weighted by molar-refractivity contribution is 5.69. The molecule has 0 spiro atoms. The molecule has 0 bridgehead atoms. The predicted octanol–water partition coefficient (Wildman–Crippen LogP) is 0.641. The molecule has 1 aromatic rings. The number of nitrogens with zero attached hydrogens (tertiary/aromatic N) is 3. The summed E-state index contributed by atoms with van der Waals surface area (Å²) in [7, 11) is 1.80. The molecule has 0 aromatic carbocycles. The Balaban J connectivity index is 2.14. The molecule has 0 saturated heterocycles. The monoisotopic (exact) mass is 209 g/mol. The van der Waals surface area contributed by atoms with Crippen LogP contribution in [0.1, 0.15) is 24.7 Å². The van der Waals surface area contributed by atoms with Crippen molar-refractivity contribution in [3.63, 3.8) is 0 Å². The van der Waals surface area contributed by atoms with Crippen LogP contribution in [-0.2, 0) is 24.7 Å². The van der Waals surface area contributed by atoms with Gasteiger partial charge in [0.1, 0.15) is 0 Å². The van der Waals surface area contributed by atoms with Crippen LogP contribution in [0.2, 0.25) is 0 Å². The lowest BCUT2D eigenvalue weighted by molar-refractivity contribution is -0.143. The fourth-order valence-electron chi connectivity index (χ4n) is 2.14. The Labute approximate surface area is 88.1 Å². The molecule has 2 atom stereocenters. The van der Waals surface area contributed by atoms with Crippen LogP contribution in [0.3, 0.4) is 0 Å². The third kappa shape index (κ3) is 1.86. The van der Waals surface area contributed by atoms with E-state index in [0.29, 0.717) is 0 Å². The summed E-state index contributed by atoms with van der Waals surface area (Å²) in [4.78, 5) is 12.4. The van der Waals surface area contributed by atoms with Crippen LogP contribution in [0, 0.1) is 11.8 Å². The first-order valence-electron chi connectivity index (χ1n) is 5.20. The van der Waals surface area contributed by atoms with E-state index in [9.17, 15) is 4.79 Å². The van der Waals surface area contributed by atoms with Gasteiger partial charge in [0.25, 0.3) is 0 Å². The van der Waals surface area contributed by atoms with Crippen molar-refractivity contribution < 1.29 is 9.90 Å². The number of rotatable bonds is 2. The van der Waals surface area contributed by atoms with Crippen LogP contribution < -0.4 is 0 Å². The number of aromatic nitrogens is 3. The molecule has 1 aliphatic rings. The molecule has 0 radical (unpaired) electrons. The highest BCUT2D eigenvalue weighted by atomic mass is 16.4. The van der Waals surface area contributed by atoms with E-state index >= 15 is 0 Å². The SMILES string of the molecule is CC(C(=O)O)C1CCc2nn(C)nc2C1. The second kappa shape index (κ2) is 3.64. The standard InChI is InChI=1S/C10H15N3O2/c1-6(10(14)15)7-3-4-8-9(5-7)12-13(2)11-8/h6-7H,3-5H2,1-2H3,(H,14,15). The summed E-state index contributed by atoms with van der Waals surface area (Å²) < 4.78 is 0. The number of carboxylic acids is 1. The van der Waals surface area contributed by atoms with Crippen LogP contribution in [0.25, 0.3) is 0 Å². The molecule has 0 aliphatic heterocycles. The molecule has 0 amide bonds. The fourth-order valence-corrected chi connectivity index (χ4v) is 2.14. The summed E-state index contributed by atoms with van der Waals surface area (Å²) in [6.45, 7) is 1.77. The zero-order chi connectivity index (χ0) is 11.0. The van der Waals surface area contributed by atoms with Crippen LogP contribution in [0.5, 0.6) is 0 Å². The van der Waals surface area contributed by atoms with E-state index in [4.69, 9.17) is 5.11 Å². The second-order valence-electron chi connectivity index (χ2n) is 4.21. The minimum absolute atomic E-state index is 0.201. The third-order valence-electron chi connectivity index (χ3n) is 3.17. The summed E-state index contributed by atoms with van der Waals surface area (Å²) in [5.41, 5.74) is 2.01. The van der Waals surface area contributed by atoms with E-state index in [1.165, 1.54) is 0 Å². The number of carboxylic acid groups (broad SMARTS) is 1. The summed E-state index contributed by atoms with van der Waals surface area (Å²) in [6, 6.07) is 0. The quantitative estimate of drug-likeness (QED) is 0.776. The van der Waals surface area contributed by atoms with E-state index in [-0.39, 0.29) is 11.8 Å². The number of hydrogen-bond donors (Lipinski definition) is 1. The molecule has 1 N–H and O–H groups in total. The molecule has 82 valence electrons. The Hall–Kier alpha value is -1.39. The van der Waals surface area contributed by atoms with Crippen molar-refractivity contribution in [1.82, 2.24) is 15.0 Å². The Morgan fingerprint density at radius 2 is 2.20 bits per heavy atom. The lowest BCUT2D eigenvalue weighted by Crippen LogP contribution is -2.26. The molecule has 1 heterocycles. The van der Waals surface area contributed by atoms with Crippen LogP contribution in [0.4, 0.5) is 0 Å². The summed E-state index contributed by atoms with van der Waals surface area (Å²) >= 11 is 0. The first-order chi connectivity index (χ1) is 7.08. The van der Waals surface area contributed by atoms with Gasteiger partial charge in [-0.2, -0.15) is 15.0 Å². The van der Waals surface area contributed by atoms with Gasteiger partial charge >= 0.3 is 5.97 Å². The number of hydrogen-bond acceptors (Lipinski definition) is 3. The molecular formula is C10H15N3O2. The van der Waals surface area contributed by atoms with Crippen molar-refractivity contribution in [2.45, 2.75) is 26.2 Å². The Kier molecular flexibility index (Phi) is 2.46. The average molecular weight is 209 g/mol. The lowest BCUT2D eigenvalue weighted by atomic mass is 9.81. The summed E-state index contributed by atoms with van der Waals surface area (Å²) in [5, 5.41) is 17.4. The Morgan fingerprint density at radius 3 is 2.87 bits per heavy atom. The number of fused-ring (bicyclic) bond motifs is 1. The Morgan fingerprint density at radius 1 is 1.53 bits per heavy atom. The molecule has 1 aromatic heterocycles. The van der Waals surface area contributed by atoms with Crippen LogP contribution in [0.15, 0.2) is 0 Å². The summed E-state index contributed by atoms with van der Waals surface area (Å²) in [5.74, 6) is -0.806. The highest BCUT2D eigenvalue weighted by Crippen LogP contribution is 2.28. The van der Waals surface area contributed by atoms with E-state index in [2.05, 4.69) is 10.2 Å². The fraction of sp³-hybridized carbons (Fsp3) is 0.700. The smallest absolute Gasteiger partial charge is 0.306 e.